The SMILES string of the molecule is CCNC(=O)Oc1cccc2c1CCC1C2CCN1CCCCCN1C(=O)c2ccccc2C1=O.Cl. The average molecular weight is 512 g/mol. The smallest absolute Gasteiger partial charge is 0.410 e. The van der Waals surface area contributed by atoms with E-state index in [1.165, 1.54) is 16.0 Å². The fourth-order valence-corrected chi connectivity index (χ4v) is 6.01. The van der Waals surface area contributed by atoms with Crippen molar-refractivity contribution in [3.63, 3.8) is 0 Å². The van der Waals surface area contributed by atoms with Crippen LogP contribution >= 0.6 is 12.4 Å². The molecule has 1 N–H and O–H groups in total. The summed E-state index contributed by atoms with van der Waals surface area (Å²) in [5, 5.41) is 2.71. The number of benzene rings is 2. The van der Waals surface area contributed by atoms with E-state index in [4.69, 9.17) is 4.74 Å². The van der Waals surface area contributed by atoms with Gasteiger partial charge in [0.15, 0.2) is 0 Å². The van der Waals surface area contributed by atoms with Gasteiger partial charge in [-0.05, 0) is 81.4 Å². The highest BCUT2D eigenvalue weighted by Gasteiger charge is 2.39. The lowest BCUT2D eigenvalue weighted by Crippen LogP contribution is -2.36. The molecule has 0 spiro atoms. The predicted molar refractivity (Wildman–Crippen MR) is 140 cm³/mol. The van der Waals surface area contributed by atoms with E-state index < -0.39 is 6.09 Å². The maximum atomic E-state index is 12.5. The van der Waals surface area contributed by atoms with Crippen LogP contribution in [0.15, 0.2) is 42.5 Å². The van der Waals surface area contributed by atoms with Crippen molar-refractivity contribution in [2.75, 3.05) is 26.2 Å². The number of hydrogen-bond acceptors (Lipinski definition) is 5. The third-order valence-electron chi connectivity index (χ3n) is 7.65. The third-order valence-corrected chi connectivity index (χ3v) is 7.65. The van der Waals surface area contributed by atoms with Gasteiger partial charge in [0.2, 0.25) is 0 Å². The first-order valence-corrected chi connectivity index (χ1v) is 12.8. The van der Waals surface area contributed by atoms with Crippen LogP contribution in [0.1, 0.15) is 76.8 Å². The third kappa shape index (κ3) is 5.00. The van der Waals surface area contributed by atoms with Crippen molar-refractivity contribution in [1.29, 1.82) is 0 Å². The molecule has 1 aliphatic carbocycles. The second-order valence-corrected chi connectivity index (χ2v) is 9.65. The molecule has 2 aliphatic heterocycles. The molecule has 2 aromatic carbocycles. The molecule has 192 valence electrons. The molecule has 2 unspecified atom stereocenters. The van der Waals surface area contributed by atoms with Gasteiger partial charge >= 0.3 is 6.09 Å². The molecule has 0 bridgehead atoms. The molecule has 5 rings (SSSR count). The summed E-state index contributed by atoms with van der Waals surface area (Å²) >= 11 is 0. The summed E-state index contributed by atoms with van der Waals surface area (Å²) in [4.78, 5) is 41.0. The van der Waals surface area contributed by atoms with E-state index in [0.29, 0.717) is 41.9 Å². The molecule has 36 heavy (non-hydrogen) atoms. The molecular formula is C28H34ClN3O4. The number of unbranched alkanes of at least 4 members (excludes halogenated alkanes) is 2. The highest BCUT2D eigenvalue weighted by Crippen LogP contribution is 2.44. The summed E-state index contributed by atoms with van der Waals surface area (Å²) in [7, 11) is 0. The van der Waals surface area contributed by atoms with Gasteiger partial charge < -0.3 is 10.1 Å². The topological polar surface area (TPSA) is 79.0 Å². The second-order valence-electron chi connectivity index (χ2n) is 9.65. The standard InChI is InChI=1S/C28H33N3O4.ClH/c1-2-29-28(34)35-25-12-8-11-19-20-15-18-30(24(20)14-13-21(19)25)16-6-3-7-17-31-26(32)22-9-4-5-10-23(22)27(31)33;/h4-5,8-12,20,24H,2-3,6-7,13-18H2,1H3,(H,29,34);1H. The predicted octanol–water partition coefficient (Wildman–Crippen LogP) is 4.79. The van der Waals surface area contributed by atoms with Gasteiger partial charge in [-0.2, -0.15) is 0 Å². The minimum absolute atomic E-state index is 0. The molecular weight excluding hydrogens is 478 g/mol. The van der Waals surface area contributed by atoms with E-state index in [1.807, 2.05) is 19.1 Å². The fourth-order valence-electron chi connectivity index (χ4n) is 6.01. The van der Waals surface area contributed by atoms with Gasteiger partial charge in [-0.25, -0.2) is 4.79 Å². The van der Waals surface area contributed by atoms with Gasteiger partial charge in [0.25, 0.3) is 11.8 Å². The Hall–Kier alpha value is -2.90. The van der Waals surface area contributed by atoms with Crippen molar-refractivity contribution in [1.82, 2.24) is 15.1 Å². The summed E-state index contributed by atoms with van der Waals surface area (Å²) in [5.41, 5.74) is 3.56. The molecule has 8 heteroatoms. The normalized spacial score (nSPS) is 20.4. The molecule has 1 fully saturated rings. The number of hydrogen-bond donors (Lipinski definition) is 1. The first-order chi connectivity index (χ1) is 17.1. The maximum Gasteiger partial charge on any atom is 0.412 e. The molecule has 1 saturated heterocycles. The van der Waals surface area contributed by atoms with Crippen molar-refractivity contribution in [3.8, 4) is 5.75 Å². The number of halogens is 1. The van der Waals surface area contributed by atoms with Crippen LogP contribution in [-0.2, 0) is 6.42 Å². The Morgan fingerprint density at radius 2 is 1.69 bits per heavy atom. The molecule has 0 saturated carbocycles. The average Bonchev–Trinajstić information content (AvgIpc) is 3.39. The Balaban J connectivity index is 0.00000304. The van der Waals surface area contributed by atoms with E-state index in [1.54, 1.807) is 24.3 Å². The van der Waals surface area contributed by atoms with Crippen molar-refractivity contribution in [2.24, 2.45) is 0 Å². The first kappa shape index (κ1) is 26.2. The fraction of sp³-hybridized carbons (Fsp3) is 0.464. The van der Waals surface area contributed by atoms with Crippen LogP contribution < -0.4 is 10.1 Å². The number of carbonyl (C=O) groups excluding carboxylic acids is 3. The lowest BCUT2D eigenvalue weighted by atomic mass is 9.79. The van der Waals surface area contributed by atoms with E-state index in [2.05, 4.69) is 16.3 Å². The van der Waals surface area contributed by atoms with Gasteiger partial charge in [-0.1, -0.05) is 30.7 Å². The Bertz CT molecular complexity index is 1100. The molecule has 2 aromatic rings. The van der Waals surface area contributed by atoms with Gasteiger partial charge in [-0.3, -0.25) is 19.4 Å². The van der Waals surface area contributed by atoms with Gasteiger partial charge in [0.1, 0.15) is 5.75 Å². The van der Waals surface area contributed by atoms with Gasteiger partial charge in [-0.15, -0.1) is 12.4 Å². The van der Waals surface area contributed by atoms with Crippen LogP contribution in [0.25, 0.3) is 0 Å². The number of amides is 3. The van der Waals surface area contributed by atoms with Crippen LogP contribution in [0, 0.1) is 0 Å². The zero-order chi connectivity index (χ0) is 24.4. The molecule has 0 radical (unpaired) electrons. The molecule has 7 nitrogen and oxygen atoms in total. The monoisotopic (exact) mass is 511 g/mol. The van der Waals surface area contributed by atoms with Crippen molar-refractivity contribution < 1.29 is 19.1 Å². The van der Waals surface area contributed by atoms with Crippen molar-refractivity contribution in [3.05, 3.63) is 64.7 Å². The minimum Gasteiger partial charge on any atom is -0.410 e. The number of carbonyl (C=O) groups is 3. The lowest BCUT2D eigenvalue weighted by Gasteiger charge is -2.34. The molecule has 3 aliphatic rings. The minimum atomic E-state index is -0.391. The number of nitrogens with zero attached hydrogens (tertiary/aromatic N) is 2. The lowest BCUT2D eigenvalue weighted by molar-refractivity contribution is 0.0651. The van der Waals surface area contributed by atoms with Crippen LogP contribution in [0.4, 0.5) is 4.79 Å². The van der Waals surface area contributed by atoms with Crippen LogP contribution in [0.5, 0.6) is 5.75 Å². The molecule has 3 amide bonds. The summed E-state index contributed by atoms with van der Waals surface area (Å²) in [5.74, 6) is 0.849. The molecule has 2 heterocycles. The van der Waals surface area contributed by atoms with E-state index in [9.17, 15) is 14.4 Å². The number of ether oxygens (including phenoxy) is 1. The molecule has 0 aromatic heterocycles. The summed E-state index contributed by atoms with van der Waals surface area (Å²) < 4.78 is 5.58. The maximum absolute atomic E-state index is 12.5. The number of imide groups is 1. The van der Waals surface area contributed by atoms with E-state index in [0.717, 1.165) is 51.6 Å². The zero-order valence-corrected chi connectivity index (χ0v) is 21.5. The first-order valence-electron chi connectivity index (χ1n) is 12.8. The summed E-state index contributed by atoms with van der Waals surface area (Å²) in [6, 6.07) is 13.7. The number of likely N-dealkylation sites (tertiary alicyclic amines) is 1. The quantitative estimate of drug-likeness (QED) is 0.407. The number of fused-ring (bicyclic) bond motifs is 4. The summed E-state index contributed by atoms with van der Waals surface area (Å²) in [6.45, 7) is 5.03. The second kappa shape index (κ2) is 11.4. The Labute approximate surface area is 218 Å². The highest BCUT2D eigenvalue weighted by atomic mass is 35.5. The number of nitrogens with one attached hydrogen (secondary N) is 1. The molecule has 2 atom stereocenters. The van der Waals surface area contributed by atoms with Crippen molar-refractivity contribution in [2.45, 2.75) is 57.4 Å². The Morgan fingerprint density at radius 3 is 2.42 bits per heavy atom. The van der Waals surface area contributed by atoms with Crippen LogP contribution in [0.3, 0.4) is 0 Å². The van der Waals surface area contributed by atoms with E-state index in [-0.39, 0.29) is 24.2 Å². The van der Waals surface area contributed by atoms with Gasteiger partial charge in [0, 0.05) is 25.0 Å². The van der Waals surface area contributed by atoms with Crippen LogP contribution in [-0.4, -0.2) is 59.9 Å². The Morgan fingerprint density at radius 1 is 0.972 bits per heavy atom. The zero-order valence-electron chi connectivity index (χ0n) is 20.7. The van der Waals surface area contributed by atoms with Crippen LogP contribution in [0.2, 0.25) is 0 Å². The largest absolute Gasteiger partial charge is 0.412 e. The number of rotatable bonds is 8. The van der Waals surface area contributed by atoms with E-state index >= 15 is 0 Å². The Kier molecular flexibility index (Phi) is 8.32. The summed E-state index contributed by atoms with van der Waals surface area (Å²) in [6.07, 6.45) is 5.60. The van der Waals surface area contributed by atoms with Gasteiger partial charge in [0.05, 0.1) is 11.1 Å². The highest BCUT2D eigenvalue weighted by molar-refractivity contribution is 6.21. The van der Waals surface area contributed by atoms with Crippen molar-refractivity contribution >= 4 is 30.3 Å².